The number of carbonyl (C=O) groups excluding carboxylic acids is 1. The molecular weight excluding hydrogens is 373 g/mol. The minimum atomic E-state index is -0.279. The Morgan fingerprint density at radius 2 is 1.37 bits per heavy atom. The fourth-order valence-electron chi connectivity index (χ4n) is 4.12. The van der Waals surface area contributed by atoms with Crippen LogP contribution in [-0.2, 0) is 0 Å². The van der Waals surface area contributed by atoms with E-state index in [1.54, 1.807) is 12.1 Å². The summed E-state index contributed by atoms with van der Waals surface area (Å²) in [6.45, 7) is 0. The molecule has 0 bridgehead atoms. The highest BCUT2D eigenvalue weighted by Gasteiger charge is 2.29. The molecule has 4 aromatic carbocycles. The van der Waals surface area contributed by atoms with Crippen molar-refractivity contribution >= 4 is 11.5 Å². The van der Waals surface area contributed by atoms with Crippen molar-refractivity contribution in [1.29, 1.82) is 0 Å². The average Bonchev–Trinajstić information content (AvgIpc) is 2.80. The van der Waals surface area contributed by atoms with Gasteiger partial charge in [-0.05, 0) is 52.1 Å². The van der Waals surface area contributed by atoms with E-state index in [1.165, 1.54) is 12.1 Å². The quantitative estimate of drug-likeness (QED) is 0.410. The standard InChI is InChI=1S/C27H20FNO/c28-22-13-11-20(12-14-22)24-17-26(30)27-23(19-9-5-2-6-10-19)15-21(16-25(27)29-24)18-7-3-1-4-8-18/h1-16,24,29H,17H2. The van der Waals surface area contributed by atoms with Crippen molar-refractivity contribution in [1.82, 2.24) is 0 Å². The Hall–Kier alpha value is -3.72. The van der Waals surface area contributed by atoms with Crippen LogP contribution >= 0.6 is 0 Å². The van der Waals surface area contributed by atoms with Gasteiger partial charge in [0.05, 0.1) is 6.04 Å². The van der Waals surface area contributed by atoms with Crippen LogP contribution in [0.3, 0.4) is 0 Å². The van der Waals surface area contributed by atoms with E-state index in [4.69, 9.17) is 0 Å². The van der Waals surface area contributed by atoms with Gasteiger partial charge in [-0.1, -0.05) is 72.8 Å². The highest BCUT2D eigenvalue weighted by Crippen LogP contribution is 2.41. The van der Waals surface area contributed by atoms with Gasteiger partial charge in [-0.15, -0.1) is 0 Å². The van der Waals surface area contributed by atoms with Crippen LogP contribution in [0.25, 0.3) is 22.3 Å². The lowest BCUT2D eigenvalue weighted by Gasteiger charge is -2.29. The van der Waals surface area contributed by atoms with Gasteiger partial charge in [-0.3, -0.25) is 4.79 Å². The van der Waals surface area contributed by atoms with Gasteiger partial charge in [0.2, 0.25) is 0 Å². The first-order chi connectivity index (χ1) is 14.7. The molecule has 2 nitrogen and oxygen atoms in total. The second kappa shape index (κ2) is 7.60. The molecule has 1 unspecified atom stereocenters. The lowest BCUT2D eigenvalue weighted by atomic mass is 9.85. The van der Waals surface area contributed by atoms with E-state index in [-0.39, 0.29) is 17.6 Å². The van der Waals surface area contributed by atoms with Gasteiger partial charge in [0.25, 0.3) is 0 Å². The van der Waals surface area contributed by atoms with Crippen LogP contribution in [0, 0.1) is 5.82 Å². The van der Waals surface area contributed by atoms with E-state index < -0.39 is 0 Å². The molecule has 0 aliphatic carbocycles. The average molecular weight is 393 g/mol. The Balaban J connectivity index is 1.66. The summed E-state index contributed by atoms with van der Waals surface area (Å²) in [4.78, 5) is 13.3. The van der Waals surface area contributed by atoms with Gasteiger partial charge in [-0.25, -0.2) is 4.39 Å². The lowest BCUT2D eigenvalue weighted by Crippen LogP contribution is -2.23. The zero-order chi connectivity index (χ0) is 20.5. The summed E-state index contributed by atoms with van der Waals surface area (Å²) >= 11 is 0. The van der Waals surface area contributed by atoms with Crippen molar-refractivity contribution in [2.75, 3.05) is 5.32 Å². The molecule has 0 fully saturated rings. The van der Waals surface area contributed by atoms with Gasteiger partial charge in [-0.2, -0.15) is 0 Å². The normalized spacial score (nSPS) is 15.4. The monoisotopic (exact) mass is 393 g/mol. The summed E-state index contributed by atoms with van der Waals surface area (Å²) in [6, 6.07) is 30.5. The first kappa shape index (κ1) is 18.3. The molecule has 0 saturated carbocycles. The van der Waals surface area contributed by atoms with Crippen molar-refractivity contribution in [2.45, 2.75) is 12.5 Å². The topological polar surface area (TPSA) is 29.1 Å². The number of carbonyl (C=O) groups is 1. The number of anilines is 1. The smallest absolute Gasteiger partial charge is 0.167 e. The SMILES string of the molecule is O=C1CC(c2ccc(F)cc2)Nc2cc(-c3ccccc3)cc(-c3ccccc3)c21. The summed E-state index contributed by atoms with van der Waals surface area (Å²) in [5, 5.41) is 3.54. The maximum Gasteiger partial charge on any atom is 0.167 e. The molecule has 1 aliphatic heterocycles. The molecule has 3 heteroatoms. The van der Waals surface area contributed by atoms with Crippen LogP contribution in [0.2, 0.25) is 0 Å². The number of rotatable bonds is 3. The largest absolute Gasteiger partial charge is 0.377 e. The molecule has 4 aromatic rings. The summed E-state index contributed by atoms with van der Waals surface area (Å²) in [5.41, 5.74) is 6.54. The molecule has 0 saturated heterocycles. The maximum absolute atomic E-state index is 13.4. The fourth-order valence-corrected chi connectivity index (χ4v) is 4.12. The van der Waals surface area contributed by atoms with Crippen molar-refractivity contribution in [3.05, 3.63) is 114 Å². The zero-order valence-electron chi connectivity index (χ0n) is 16.3. The number of halogens is 1. The van der Waals surface area contributed by atoms with E-state index >= 15 is 0 Å². The van der Waals surface area contributed by atoms with Gasteiger partial charge in [0.1, 0.15) is 5.82 Å². The predicted octanol–water partition coefficient (Wildman–Crippen LogP) is 6.90. The maximum atomic E-state index is 13.4. The van der Waals surface area contributed by atoms with E-state index in [2.05, 4.69) is 23.5 Å². The molecule has 1 atom stereocenters. The van der Waals surface area contributed by atoms with Gasteiger partial charge in [0, 0.05) is 17.7 Å². The van der Waals surface area contributed by atoms with Crippen LogP contribution in [-0.4, -0.2) is 5.78 Å². The highest BCUT2D eigenvalue weighted by atomic mass is 19.1. The molecule has 0 spiro atoms. The van der Waals surface area contributed by atoms with Crippen molar-refractivity contribution in [3.8, 4) is 22.3 Å². The number of Topliss-reactive ketones (excluding diaryl/α,β-unsaturated/α-hetero) is 1. The third kappa shape index (κ3) is 3.39. The van der Waals surface area contributed by atoms with Crippen molar-refractivity contribution < 1.29 is 9.18 Å². The lowest BCUT2D eigenvalue weighted by molar-refractivity contribution is 0.0973. The van der Waals surface area contributed by atoms with Gasteiger partial charge < -0.3 is 5.32 Å². The number of hydrogen-bond acceptors (Lipinski definition) is 2. The molecule has 1 N–H and O–H groups in total. The highest BCUT2D eigenvalue weighted by molar-refractivity contribution is 6.10. The third-order valence-corrected chi connectivity index (χ3v) is 5.60. The Bertz CT molecular complexity index is 1200. The first-order valence-electron chi connectivity index (χ1n) is 10.0. The number of fused-ring (bicyclic) bond motifs is 1. The Morgan fingerprint density at radius 3 is 2.03 bits per heavy atom. The second-order valence-corrected chi connectivity index (χ2v) is 7.55. The van der Waals surface area contributed by atoms with Crippen molar-refractivity contribution in [3.63, 3.8) is 0 Å². The van der Waals surface area contributed by atoms with Gasteiger partial charge >= 0.3 is 0 Å². The fraction of sp³-hybridized carbons (Fsp3) is 0.0741. The zero-order valence-corrected chi connectivity index (χ0v) is 16.3. The first-order valence-corrected chi connectivity index (χ1v) is 10.0. The number of hydrogen-bond donors (Lipinski definition) is 1. The second-order valence-electron chi connectivity index (χ2n) is 7.55. The van der Waals surface area contributed by atoms with E-state index in [0.717, 1.165) is 39.1 Å². The summed E-state index contributed by atoms with van der Waals surface area (Å²) in [5.74, 6) is -0.185. The molecular formula is C27H20FNO. The molecule has 30 heavy (non-hydrogen) atoms. The van der Waals surface area contributed by atoms with Gasteiger partial charge in [0.15, 0.2) is 5.78 Å². The Labute approximate surface area is 175 Å². The Kier molecular flexibility index (Phi) is 4.64. The molecule has 0 aromatic heterocycles. The van der Waals surface area contributed by atoms with Crippen LogP contribution in [0.1, 0.15) is 28.4 Å². The van der Waals surface area contributed by atoms with E-state index in [1.807, 2.05) is 54.6 Å². The molecule has 5 rings (SSSR count). The molecule has 146 valence electrons. The van der Waals surface area contributed by atoms with E-state index in [0.29, 0.717) is 6.42 Å². The minimum Gasteiger partial charge on any atom is -0.377 e. The molecule has 1 heterocycles. The number of ketones is 1. The Morgan fingerprint density at radius 1 is 0.733 bits per heavy atom. The summed E-state index contributed by atoms with van der Waals surface area (Å²) in [7, 11) is 0. The van der Waals surface area contributed by atoms with Crippen molar-refractivity contribution in [2.24, 2.45) is 0 Å². The van der Waals surface area contributed by atoms with Crippen LogP contribution in [0.5, 0.6) is 0 Å². The van der Waals surface area contributed by atoms with E-state index in [9.17, 15) is 9.18 Å². The number of benzene rings is 4. The van der Waals surface area contributed by atoms with Crippen LogP contribution in [0.4, 0.5) is 10.1 Å². The summed E-state index contributed by atoms with van der Waals surface area (Å²) < 4.78 is 13.4. The third-order valence-electron chi connectivity index (χ3n) is 5.60. The van der Waals surface area contributed by atoms with Crippen LogP contribution < -0.4 is 5.32 Å². The predicted molar refractivity (Wildman–Crippen MR) is 119 cm³/mol. The molecule has 0 amide bonds. The number of nitrogens with one attached hydrogen (secondary N) is 1. The summed E-state index contributed by atoms with van der Waals surface area (Å²) in [6.07, 6.45) is 0.336. The molecule has 1 aliphatic rings. The molecule has 0 radical (unpaired) electrons. The minimum absolute atomic E-state index is 0.0940. The van der Waals surface area contributed by atoms with Crippen LogP contribution in [0.15, 0.2) is 97.1 Å².